The molecule has 1 fully saturated rings. The molecule has 2 aromatic heterocycles. The highest BCUT2D eigenvalue weighted by Gasteiger charge is 2.42. The number of carbonyl (C=O) groups excluding carboxylic acids is 2. The summed E-state index contributed by atoms with van der Waals surface area (Å²) in [4.78, 5) is 33.1. The molecule has 4 rings (SSSR count). The molecule has 0 spiro atoms. The summed E-state index contributed by atoms with van der Waals surface area (Å²) >= 11 is 1.55. The van der Waals surface area contributed by atoms with Gasteiger partial charge in [0.1, 0.15) is 30.1 Å². The normalized spacial score (nSPS) is 18.7. The number of fused-ring (bicyclic) bond motifs is 1. The Hall–Kier alpha value is -3.42. The first-order valence-electron chi connectivity index (χ1n) is 14.6. The van der Waals surface area contributed by atoms with Gasteiger partial charge < -0.3 is 29.1 Å². The van der Waals surface area contributed by atoms with Crippen LogP contribution < -0.4 is 10.6 Å². The summed E-state index contributed by atoms with van der Waals surface area (Å²) in [6, 6.07) is 8.54. The maximum atomic E-state index is 13.0. The van der Waals surface area contributed by atoms with Crippen molar-refractivity contribution < 1.29 is 36.7 Å². The second-order valence-corrected chi connectivity index (χ2v) is 17.8. The molecule has 10 nitrogen and oxygen atoms in total. The van der Waals surface area contributed by atoms with E-state index in [0.717, 1.165) is 0 Å². The minimum atomic E-state index is -5.03. The lowest BCUT2D eigenvalue weighted by Gasteiger charge is -2.37. The molecule has 0 aliphatic carbocycles. The van der Waals surface area contributed by atoms with Gasteiger partial charge in [-0.15, -0.1) is 11.8 Å². The number of nitrogens with one attached hydrogen (secondary N) is 2. The van der Waals surface area contributed by atoms with Gasteiger partial charge in [0.2, 0.25) is 0 Å². The van der Waals surface area contributed by atoms with E-state index < -0.39 is 39.1 Å². The summed E-state index contributed by atoms with van der Waals surface area (Å²) in [5.41, 5.74) is 1.11. The number of ether oxygens (including phenoxy) is 2. The van der Waals surface area contributed by atoms with Gasteiger partial charge >= 0.3 is 12.1 Å². The zero-order valence-electron chi connectivity index (χ0n) is 26.5. The molecule has 3 atom stereocenters. The van der Waals surface area contributed by atoms with E-state index in [0.29, 0.717) is 41.1 Å². The first kappa shape index (κ1) is 35.4. The number of aromatic nitrogens is 3. The summed E-state index contributed by atoms with van der Waals surface area (Å²) in [6.45, 7) is 10.6. The minimum Gasteiger partial charge on any atom is -0.414 e. The van der Waals surface area contributed by atoms with E-state index >= 15 is 0 Å². The number of thioether (sulfide) groups is 1. The van der Waals surface area contributed by atoms with Crippen molar-refractivity contribution in [2.24, 2.45) is 0 Å². The van der Waals surface area contributed by atoms with Crippen LogP contribution in [0.4, 0.5) is 19.0 Å². The van der Waals surface area contributed by atoms with Crippen LogP contribution in [-0.2, 0) is 18.7 Å². The number of anilines is 1. The molecule has 3 heterocycles. The monoisotopic (exact) mass is 677 g/mol. The Balaban J connectivity index is 1.69. The van der Waals surface area contributed by atoms with Gasteiger partial charge in [-0.3, -0.25) is 9.59 Å². The molecule has 1 aliphatic heterocycles. The lowest BCUT2D eigenvalue weighted by atomic mass is 10.2. The molecular formula is C31H38F3N5O5SSi. The number of amides is 2. The fourth-order valence-corrected chi connectivity index (χ4v) is 5.81. The number of hydrogen-bond donors (Lipinski definition) is 2. The van der Waals surface area contributed by atoms with E-state index in [2.05, 4.69) is 61.0 Å². The first-order chi connectivity index (χ1) is 21.6. The second-order valence-electron chi connectivity index (χ2n) is 12.2. The fraction of sp³-hybridized carbons (Fsp3) is 0.484. The molecule has 15 heteroatoms. The van der Waals surface area contributed by atoms with Crippen molar-refractivity contribution in [1.82, 2.24) is 19.9 Å². The Morgan fingerprint density at radius 3 is 2.54 bits per heavy atom. The Kier molecular flexibility index (Phi) is 11.2. The molecular weight excluding hydrogens is 640 g/mol. The van der Waals surface area contributed by atoms with E-state index in [9.17, 15) is 22.8 Å². The summed E-state index contributed by atoms with van der Waals surface area (Å²) in [7, 11) is -2.09. The summed E-state index contributed by atoms with van der Waals surface area (Å²) in [5.74, 6) is 3.48. The number of alkyl halides is 3. The van der Waals surface area contributed by atoms with Gasteiger partial charge in [-0.2, -0.15) is 13.2 Å². The van der Waals surface area contributed by atoms with Crippen LogP contribution in [-0.4, -0.2) is 78.4 Å². The summed E-state index contributed by atoms with van der Waals surface area (Å²) < 4.78 is 58.9. The SMILES string of the molecule is CSCOC1C[C@H](n2cc(C#CCNC(=O)C(F)(F)F)c3c(NC(=O)c4ccccc4)ncnc32)O[C@@H]1CO[Si](C)(C)C(C)(C)C. The van der Waals surface area contributed by atoms with Gasteiger partial charge in [0.25, 0.3) is 5.91 Å². The van der Waals surface area contributed by atoms with Crippen LogP contribution in [0.5, 0.6) is 0 Å². The lowest BCUT2D eigenvalue weighted by Crippen LogP contribution is -2.44. The number of rotatable bonds is 10. The van der Waals surface area contributed by atoms with Gasteiger partial charge in [-0.05, 0) is 36.5 Å². The van der Waals surface area contributed by atoms with Crippen LogP contribution in [0.2, 0.25) is 18.1 Å². The van der Waals surface area contributed by atoms with E-state index in [1.165, 1.54) is 6.33 Å². The molecule has 2 amide bonds. The molecule has 1 aromatic carbocycles. The quantitative estimate of drug-likeness (QED) is 0.159. The molecule has 3 aromatic rings. The van der Waals surface area contributed by atoms with Crippen LogP contribution in [0.3, 0.4) is 0 Å². The molecule has 248 valence electrons. The van der Waals surface area contributed by atoms with Crippen molar-refractivity contribution in [2.75, 3.05) is 30.7 Å². The minimum absolute atomic E-state index is 0.00189. The zero-order chi connectivity index (χ0) is 33.7. The number of hydrogen-bond acceptors (Lipinski definition) is 8. The average Bonchev–Trinajstić information content (AvgIpc) is 3.58. The number of carbonyl (C=O) groups is 2. The van der Waals surface area contributed by atoms with Crippen LogP contribution in [0.15, 0.2) is 42.9 Å². The van der Waals surface area contributed by atoms with Gasteiger partial charge in [-0.25, -0.2) is 9.97 Å². The summed E-state index contributed by atoms with van der Waals surface area (Å²) in [5, 5.41) is 4.91. The largest absolute Gasteiger partial charge is 0.471 e. The number of halogens is 3. The predicted octanol–water partition coefficient (Wildman–Crippen LogP) is 5.73. The molecule has 1 saturated heterocycles. The predicted molar refractivity (Wildman–Crippen MR) is 173 cm³/mol. The smallest absolute Gasteiger partial charge is 0.414 e. The highest BCUT2D eigenvalue weighted by atomic mass is 32.2. The van der Waals surface area contributed by atoms with Crippen molar-refractivity contribution in [2.45, 2.75) is 69.9 Å². The Bertz CT molecular complexity index is 1600. The van der Waals surface area contributed by atoms with Crippen molar-refractivity contribution in [1.29, 1.82) is 0 Å². The zero-order valence-corrected chi connectivity index (χ0v) is 28.3. The lowest BCUT2D eigenvalue weighted by molar-refractivity contribution is -0.173. The van der Waals surface area contributed by atoms with Gasteiger partial charge in [0.05, 0.1) is 36.1 Å². The van der Waals surface area contributed by atoms with Crippen molar-refractivity contribution in [3.05, 3.63) is 54.0 Å². The van der Waals surface area contributed by atoms with Crippen LogP contribution in [0, 0.1) is 11.8 Å². The van der Waals surface area contributed by atoms with Crippen LogP contribution >= 0.6 is 11.8 Å². The Morgan fingerprint density at radius 1 is 1.17 bits per heavy atom. The maximum absolute atomic E-state index is 13.0. The highest BCUT2D eigenvalue weighted by molar-refractivity contribution is 7.98. The average molecular weight is 678 g/mol. The fourth-order valence-electron chi connectivity index (χ4n) is 4.49. The maximum Gasteiger partial charge on any atom is 0.471 e. The first-order valence-corrected chi connectivity index (χ1v) is 18.9. The van der Waals surface area contributed by atoms with Crippen molar-refractivity contribution >= 4 is 48.7 Å². The van der Waals surface area contributed by atoms with E-state index in [1.54, 1.807) is 58.2 Å². The standard InChI is InChI=1S/C31H38F3N5O5SSi/c1-30(2,3)46(5,6)43-17-23-22(42-19-45-4)15-24(44-23)39-16-21(13-10-14-35-29(41)31(32,33)34)25-26(36-18-37-27(25)39)38-28(40)20-11-8-7-9-12-20/h7-9,11-12,16,18,22-24H,14-15,17,19H2,1-6H3,(H,35,41)(H,36,37,38,40)/t22?,23-,24-/m1/s1. The third-order valence-electron chi connectivity index (χ3n) is 8.00. The molecule has 0 saturated carbocycles. The highest BCUT2D eigenvalue weighted by Crippen LogP contribution is 2.39. The molecule has 46 heavy (non-hydrogen) atoms. The molecule has 0 bridgehead atoms. The van der Waals surface area contributed by atoms with Gasteiger partial charge in [0, 0.05) is 18.2 Å². The third kappa shape index (κ3) is 8.48. The molecule has 0 radical (unpaired) electrons. The van der Waals surface area contributed by atoms with E-state index in [1.807, 2.05) is 6.26 Å². The molecule has 1 unspecified atom stereocenters. The Morgan fingerprint density at radius 2 is 1.89 bits per heavy atom. The van der Waals surface area contributed by atoms with Crippen LogP contribution in [0.25, 0.3) is 11.0 Å². The number of nitrogens with zero attached hydrogens (tertiary/aromatic N) is 3. The topological polar surface area (TPSA) is 117 Å². The van der Waals surface area contributed by atoms with E-state index in [-0.39, 0.29) is 23.1 Å². The third-order valence-corrected chi connectivity index (χ3v) is 12.9. The van der Waals surface area contributed by atoms with Crippen molar-refractivity contribution in [3.63, 3.8) is 0 Å². The second kappa shape index (κ2) is 14.6. The van der Waals surface area contributed by atoms with Gasteiger partial charge in [-0.1, -0.05) is 50.8 Å². The van der Waals surface area contributed by atoms with Crippen molar-refractivity contribution in [3.8, 4) is 11.8 Å². The van der Waals surface area contributed by atoms with E-state index in [4.69, 9.17) is 13.9 Å². The molecule has 2 N–H and O–H groups in total. The Labute approximate surface area is 271 Å². The molecule has 1 aliphatic rings. The summed E-state index contributed by atoms with van der Waals surface area (Å²) in [6.07, 6.45) is -0.896. The number of benzene rings is 1. The van der Waals surface area contributed by atoms with Crippen LogP contribution in [0.1, 0.15) is 49.3 Å². The van der Waals surface area contributed by atoms with Gasteiger partial charge in [0.15, 0.2) is 8.32 Å².